The van der Waals surface area contributed by atoms with Crippen LogP contribution in [-0.4, -0.2) is 53.1 Å². The molecule has 21 heavy (non-hydrogen) atoms. The molecule has 1 aliphatic heterocycles. The van der Waals surface area contributed by atoms with Crippen LogP contribution in [0, 0.1) is 0 Å². The third-order valence-corrected chi connectivity index (χ3v) is 6.97. The van der Waals surface area contributed by atoms with E-state index in [0.717, 1.165) is 5.57 Å². The van der Waals surface area contributed by atoms with Crippen LogP contribution in [-0.2, 0) is 14.3 Å². The average molecular weight is 396 g/mol. The molecule has 1 aromatic carbocycles. The van der Waals surface area contributed by atoms with Crippen LogP contribution in [0.2, 0.25) is 0 Å². The van der Waals surface area contributed by atoms with Gasteiger partial charge in [0.1, 0.15) is 0 Å². The summed E-state index contributed by atoms with van der Waals surface area (Å²) in [5, 5.41) is 0. The van der Waals surface area contributed by atoms with Crippen molar-refractivity contribution >= 4 is 30.3 Å². The molecule has 2 atom stereocenters. The Morgan fingerprint density at radius 1 is 1.00 bits per heavy atom. The molecule has 0 N–H and O–H groups in total. The molecule has 3 rings (SSSR count). The van der Waals surface area contributed by atoms with Gasteiger partial charge in [0, 0.05) is 0 Å². The van der Waals surface area contributed by atoms with Gasteiger partial charge in [0.15, 0.2) is 0 Å². The second-order valence-electron chi connectivity index (χ2n) is 4.83. The summed E-state index contributed by atoms with van der Waals surface area (Å²) in [4.78, 5) is 12.3. The van der Waals surface area contributed by atoms with Crippen molar-refractivity contribution in [3.8, 4) is 0 Å². The first kappa shape index (κ1) is 14.7. The van der Waals surface area contributed by atoms with Gasteiger partial charge in [-0.1, -0.05) is 0 Å². The Morgan fingerprint density at radius 2 is 1.76 bits per heavy atom. The van der Waals surface area contributed by atoms with Crippen molar-refractivity contribution < 1.29 is 14.3 Å². The van der Waals surface area contributed by atoms with Gasteiger partial charge in [0.2, 0.25) is 0 Å². The van der Waals surface area contributed by atoms with E-state index in [4.69, 9.17) is 9.47 Å². The predicted molar refractivity (Wildman–Crippen MR) is 82.9 cm³/mol. The molecule has 2 aliphatic rings. The molecule has 0 radical (unpaired) electrons. The fourth-order valence-corrected chi connectivity index (χ4v) is 5.69. The molecule has 0 amide bonds. The van der Waals surface area contributed by atoms with E-state index in [1.54, 1.807) is 14.2 Å². The molecule has 0 saturated carbocycles. The monoisotopic (exact) mass is 398 g/mol. The van der Waals surface area contributed by atoms with Crippen LogP contribution in [0.15, 0.2) is 57.8 Å². The van der Waals surface area contributed by atoms with Crippen molar-refractivity contribution in [2.24, 2.45) is 0 Å². The first-order chi connectivity index (χ1) is 10.2. The normalized spacial score (nSPS) is 24.9. The fourth-order valence-electron chi connectivity index (χ4n) is 2.51. The number of hydrogen-bond donors (Lipinski definition) is 0. The maximum atomic E-state index is 12.3. The molecule has 0 spiro atoms. The van der Waals surface area contributed by atoms with E-state index >= 15 is 0 Å². The fraction of sp³-hybridized carbons (Fsp3) is 0.235. The van der Waals surface area contributed by atoms with E-state index in [2.05, 4.69) is 30.3 Å². The van der Waals surface area contributed by atoms with Crippen molar-refractivity contribution in [3.63, 3.8) is 0 Å². The number of fused-ring (bicyclic) bond motifs is 1. The summed E-state index contributed by atoms with van der Waals surface area (Å²) < 4.78 is 13.3. The molecule has 4 heteroatoms. The van der Waals surface area contributed by atoms with Crippen molar-refractivity contribution in [1.29, 1.82) is 0 Å². The number of Topliss-reactive ketones (excluding diaryl/α,β-unsaturated/α-hetero) is 1. The van der Waals surface area contributed by atoms with Crippen LogP contribution in [0.4, 0.5) is 0 Å². The molecular weight excluding hydrogens is 380 g/mol. The Balaban J connectivity index is 2.00. The van der Waals surface area contributed by atoms with Crippen LogP contribution in [0.3, 0.4) is 0 Å². The molecular formula is C17H16O3Te. The Morgan fingerprint density at radius 3 is 2.43 bits per heavy atom. The van der Waals surface area contributed by atoms with Gasteiger partial charge >= 0.3 is 134 Å². The summed E-state index contributed by atoms with van der Waals surface area (Å²) in [6, 6.07) is 10.4. The number of allylic oxidation sites excluding steroid dienone is 2. The summed E-state index contributed by atoms with van der Waals surface area (Å²) >= 11 is -0.541. The number of ketones is 1. The van der Waals surface area contributed by atoms with Gasteiger partial charge < -0.3 is 0 Å². The van der Waals surface area contributed by atoms with Crippen LogP contribution in [0.5, 0.6) is 0 Å². The van der Waals surface area contributed by atoms with Crippen LogP contribution >= 0.6 is 0 Å². The topological polar surface area (TPSA) is 35.5 Å². The van der Waals surface area contributed by atoms with Gasteiger partial charge in [0.25, 0.3) is 0 Å². The molecule has 3 nitrogen and oxygen atoms in total. The SMILES string of the molecule is COC1C=C2[Te]C(c3ccccc3)=CC=C2C(OC)C1=O. The second kappa shape index (κ2) is 6.29. The number of rotatable bonds is 3. The van der Waals surface area contributed by atoms with Crippen LogP contribution in [0.1, 0.15) is 5.56 Å². The van der Waals surface area contributed by atoms with E-state index < -0.39 is 33.1 Å². The second-order valence-corrected chi connectivity index (χ2v) is 7.92. The zero-order chi connectivity index (χ0) is 14.8. The van der Waals surface area contributed by atoms with Crippen LogP contribution in [0.25, 0.3) is 3.62 Å². The van der Waals surface area contributed by atoms with E-state index in [-0.39, 0.29) is 5.78 Å². The van der Waals surface area contributed by atoms with E-state index in [1.807, 2.05) is 18.2 Å². The van der Waals surface area contributed by atoms with Crippen LogP contribution < -0.4 is 0 Å². The first-order valence-corrected chi connectivity index (χ1v) is 9.04. The molecule has 0 saturated heterocycles. The molecule has 0 bridgehead atoms. The molecule has 2 unspecified atom stereocenters. The van der Waals surface area contributed by atoms with Gasteiger partial charge in [-0.15, -0.1) is 0 Å². The number of ether oxygens (including phenoxy) is 2. The summed E-state index contributed by atoms with van der Waals surface area (Å²) in [6.07, 6.45) is 5.16. The molecule has 1 aromatic rings. The van der Waals surface area contributed by atoms with E-state index in [0.29, 0.717) is 0 Å². The maximum absolute atomic E-state index is 12.3. The minimum atomic E-state index is -0.541. The average Bonchev–Trinajstić information content (AvgIpc) is 2.54. The summed E-state index contributed by atoms with van der Waals surface area (Å²) in [5.41, 5.74) is 2.27. The summed E-state index contributed by atoms with van der Waals surface area (Å²) in [5.74, 6) is -0.0148. The van der Waals surface area contributed by atoms with Gasteiger partial charge in [-0.3, -0.25) is 0 Å². The third-order valence-electron chi connectivity index (χ3n) is 3.59. The number of carbonyl (C=O) groups excluding carboxylic acids is 1. The van der Waals surface area contributed by atoms with Gasteiger partial charge in [-0.05, 0) is 0 Å². The van der Waals surface area contributed by atoms with Crippen molar-refractivity contribution in [1.82, 2.24) is 0 Å². The van der Waals surface area contributed by atoms with E-state index in [1.165, 1.54) is 12.8 Å². The molecule has 0 aromatic heterocycles. The molecule has 108 valence electrons. The molecule has 0 fully saturated rings. The zero-order valence-electron chi connectivity index (χ0n) is 11.9. The Labute approximate surface area is 134 Å². The Kier molecular flexibility index (Phi) is 4.42. The first-order valence-electron chi connectivity index (χ1n) is 6.71. The minimum absolute atomic E-state index is 0.0148. The van der Waals surface area contributed by atoms with Crippen molar-refractivity contribution in [3.05, 3.63) is 63.3 Å². The summed E-state index contributed by atoms with van der Waals surface area (Å²) in [6.45, 7) is 0. The predicted octanol–water partition coefficient (Wildman–Crippen LogP) is 2.17. The number of carbonyl (C=O) groups is 1. The van der Waals surface area contributed by atoms with Crippen molar-refractivity contribution in [2.45, 2.75) is 12.2 Å². The van der Waals surface area contributed by atoms with Crippen molar-refractivity contribution in [2.75, 3.05) is 14.2 Å². The van der Waals surface area contributed by atoms with Gasteiger partial charge in [-0.2, -0.15) is 0 Å². The van der Waals surface area contributed by atoms with E-state index in [9.17, 15) is 4.79 Å². The Bertz CT molecular complexity index is 643. The zero-order valence-corrected chi connectivity index (χ0v) is 14.2. The molecule has 1 aliphatic carbocycles. The Hall–Kier alpha value is -1.18. The van der Waals surface area contributed by atoms with Gasteiger partial charge in [-0.25, -0.2) is 0 Å². The number of methoxy groups -OCH3 is 2. The molecule has 1 heterocycles. The third kappa shape index (κ3) is 2.77. The summed E-state index contributed by atoms with van der Waals surface area (Å²) in [7, 11) is 3.15. The number of benzene rings is 1. The number of hydrogen-bond acceptors (Lipinski definition) is 3. The quantitative estimate of drug-likeness (QED) is 0.736. The van der Waals surface area contributed by atoms with Gasteiger partial charge in [0.05, 0.1) is 0 Å². The standard InChI is InChI=1S/C17H16O3Te/c1-19-13-10-15-12(17(20-2)16(13)18)8-9-14(21-15)11-6-4-3-5-7-11/h3-10,13,17H,1-2H3.